The number of aliphatic hydroxyl groups is 3. The van der Waals surface area contributed by atoms with E-state index < -0.39 is 12.2 Å². The third kappa shape index (κ3) is 2.89. The predicted octanol–water partition coefficient (Wildman–Crippen LogP) is -0.128. The van der Waals surface area contributed by atoms with E-state index in [0.29, 0.717) is 5.69 Å². The zero-order valence-electron chi connectivity index (χ0n) is 8.46. The molecule has 1 rings (SSSR count). The summed E-state index contributed by atoms with van der Waals surface area (Å²) in [5, 5.41) is 37.1. The highest BCUT2D eigenvalue weighted by Gasteiger charge is 2.22. The average molecular weight is 213 g/mol. The molecule has 0 bridgehead atoms. The summed E-state index contributed by atoms with van der Waals surface area (Å²) in [5.74, 6) is -0.162. The molecule has 0 radical (unpaired) electrons. The normalized spacial score (nSPS) is 14.9. The molecular formula is C10H15NO4. The van der Waals surface area contributed by atoms with Gasteiger partial charge in [-0.15, -0.1) is 0 Å². The van der Waals surface area contributed by atoms with Gasteiger partial charge in [0.05, 0.1) is 6.10 Å². The minimum atomic E-state index is -1.28. The van der Waals surface area contributed by atoms with E-state index in [9.17, 15) is 15.3 Å². The fraction of sp³-hybridized carbons (Fsp3) is 0.500. The van der Waals surface area contributed by atoms with Gasteiger partial charge in [0.1, 0.15) is 17.5 Å². The van der Waals surface area contributed by atoms with E-state index in [-0.39, 0.29) is 24.5 Å². The van der Waals surface area contributed by atoms with Crippen LogP contribution in [0, 0.1) is 6.92 Å². The van der Waals surface area contributed by atoms with Crippen molar-refractivity contribution in [2.45, 2.75) is 25.6 Å². The first-order valence-corrected chi connectivity index (χ1v) is 4.69. The zero-order chi connectivity index (χ0) is 11.4. The van der Waals surface area contributed by atoms with Gasteiger partial charge in [0.15, 0.2) is 0 Å². The summed E-state index contributed by atoms with van der Waals surface area (Å²) in [7, 11) is 0. The Balaban J connectivity index is 2.89. The van der Waals surface area contributed by atoms with Crippen LogP contribution in [0.2, 0.25) is 0 Å². The summed E-state index contributed by atoms with van der Waals surface area (Å²) >= 11 is 0. The highest BCUT2D eigenvalue weighted by atomic mass is 16.3. The van der Waals surface area contributed by atoms with E-state index in [4.69, 9.17) is 5.11 Å². The minimum Gasteiger partial charge on any atom is -0.506 e. The van der Waals surface area contributed by atoms with Gasteiger partial charge >= 0.3 is 0 Å². The van der Waals surface area contributed by atoms with Crippen LogP contribution < -0.4 is 0 Å². The maximum Gasteiger partial charge on any atom is 0.139 e. The largest absolute Gasteiger partial charge is 0.506 e. The van der Waals surface area contributed by atoms with Gasteiger partial charge in [-0.25, -0.2) is 0 Å². The number of aromatic hydroxyl groups is 1. The van der Waals surface area contributed by atoms with Gasteiger partial charge in [0, 0.05) is 12.3 Å². The van der Waals surface area contributed by atoms with Crippen LogP contribution in [0.1, 0.15) is 23.9 Å². The first kappa shape index (κ1) is 11.9. The Morgan fingerprint density at radius 1 is 1.33 bits per heavy atom. The fourth-order valence-corrected chi connectivity index (χ4v) is 1.26. The smallest absolute Gasteiger partial charge is 0.139 e. The second-order valence-corrected chi connectivity index (χ2v) is 3.38. The number of hydrogen-bond donors (Lipinski definition) is 4. The summed E-state index contributed by atoms with van der Waals surface area (Å²) in [6, 6.07) is 3.01. The lowest BCUT2D eigenvalue weighted by Crippen LogP contribution is -2.20. The Hall–Kier alpha value is -1.17. The van der Waals surface area contributed by atoms with Crippen molar-refractivity contribution in [3.63, 3.8) is 0 Å². The van der Waals surface area contributed by atoms with Crippen LogP contribution in [0.15, 0.2) is 12.1 Å². The molecule has 1 aromatic heterocycles. The molecule has 4 N–H and O–H groups in total. The maximum absolute atomic E-state index is 9.64. The SMILES string of the molecule is Cc1ccc(O)c(C(O)C(O)CCO)n1. The predicted molar refractivity (Wildman–Crippen MR) is 53.3 cm³/mol. The van der Waals surface area contributed by atoms with Gasteiger partial charge < -0.3 is 20.4 Å². The lowest BCUT2D eigenvalue weighted by atomic mass is 10.1. The number of nitrogens with zero attached hydrogens (tertiary/aromatic N) is 1. The van der Waals surface area contributed by atoms with E-state index in [0.717, 1.165) is 0 Å². The second-order valence-electron chi connectivity index (χ2n) is 3.38. The summed E-state index contributed by atoms with van der Waals surface area (Å²) in [5.41, 5.74) is 0.675. The number of aryl methyl sites for hydroxylation is 1. The molecule has 0 fully saturated rings. The van der Waals surface area contributed by atoms with Crippen molar-refractivity contribution in [2.75, 3.05) is 6.61 Å². The number of rotatable bonds is 4. The van der Waals surface area contributed by atoms with Crippen LogP contribution in [-0.4, -0.2) is 38.1 Å². The van der Waals surface area contributed by atoms with Crippen molar-refractivity contribution in [3.8, 4) is 5.75 Å². The van der Waals surface area contributed by atoms with Crippen molar-refractivity contribution in [3.05, 3.63) is 23.5 Å². The third-order valence-electron chi connectivity index (χ3n) is 2.11. The lowest BCUT2D eigenvalue weighted by molar-refractivity contribution is 0.000579. The topological polar surface area (TPSA) is 93.8 Å². The van der Waals surface area contributed by atoms with E-state index >= 15 is 0 Å². The number of aliphatic hydroxyl groups excluding tert-OH is 3. The number of aromatic nitrogens is 1. The third-order valence-corrected chi connectivity index (χ3v) is 2.11. The summed E-state index contributed by atoms with van der Waals surface area (Å²) in [4.78, 5) is 3.93. The molecule has 0 amide bonds. The van der Waals surface area contributed by atoms with Crippen molar-refractivity contribution in [1.82, 2.24) is 4.98 Å². The molecule has 0 aliphatic carbocycles. The molecular weight excluding hydrogens is 198 g/mol. The number of hydrogen-bond acceptors (Lipinski definition) is 5. The van der Waals surface area contributed by atoms with Gasteiger partial charge in [-0.3, -0.25) is 4.98 Å². The fourth-order valence-electron chi connectivity index (χ4n) is 1.26. The van der Waals surface area contributed by atoms with E-state index in [1.807, 2.05) is 0 Å². The summed E-state index contributed by atoms with van der Waals surface area (Å²) in [6.07, 6.45) is -2.37. The molecule has 1 heterocycles. The summed E-state index contributed by atoms with van der Waals surface area (Å²) < 4.78 is 0. The van der Waals surface area contributed by atoms with Gasteiger partial charge in [0.25, 0.3) is 0 Å². The first-order chi connectivity index (χ1) is 7.06. The van der Waals surface area contributed by atoms with Crippen molar-refractivity contribution >= 4 is 0 Å². The molecule has 0 saturated carbocycles. The van der Waals surface area contributed by atoms with E-state index in [1.54, 1.807) is 13.0 Å². The molecule has 15 heavy (non-hydrogen) atoms. The van der Waals surface area contributed by atoms with Crippen molar-refractivity contribution < 1.29 is 20.4 Å². The molecule has 84 valence electrons. The van der Waals surface area contributed by atoms with Crippen LogP contribution in [0.3, 0.4) is 0 Å². The van der Waals surface area contributed by atoms with E-state index in [1.165, 1.54) is 6.07 Å². The van der Waals surface area contributed by atoms with E-state index in [2.05, 4.69) is 4.98 Å². The van der Waals surface area contributed by atoms with Crippen LogP contribution in [0.5, 0.6) is 5.75 Å². The Morgan fingerprint density at radius 2 is 2.00 bits per heavy atom. The standard InChI is InChI=1S/C10H15NO4/c1-6-2-3-7(13)9(11-6)10(15)8(14)4-5-12/h2-3,8,10,12-15H,4-5H2,1H3. The zero-order valence-corrected chi connectivity index (χ0v) is 8.46. The van der Waals surface area contributed by atoms with Crippen molar-refractivity contribution in [2.24, 2.45) is 0 Å². The van der Waals surface area contributed by atoms with Crippen LogP contribution in [0.25, 0.3) is 0 Å². The quantitative estimate of drug-likeness (QED) is 0.559. The average Bonchev–Trinajstić information content (AvgIpc) is 2.21. The highest BCUT2D eigenvalue weighted by Crippen LogP contribution is 2.25. The van der Waals surface area contributed by atoms with Gasteiger partial charge in [0.2, 0.25) is 0 Å². The second kappa shape index (κ2) is 5.06. The first-order valence-electron chi connectivity index (χ1n) is 4.69. The summed E-state index contributed by atoms with van der Waals surface area (Å²) in [6.45, 7) is 1.49. The van der Waals surface area contributed by atoms with Crippen LogP contribution in [0.4, 0.5) is 0 Å². The minimum absolute atomic E-state index is 0.0379. The Bertz CT molecular complexity index is 329. The molecule has 2 unspecified atom stereocenters. The Labute approximate surface area is 87.7 Å². The Kier molecular flexibility index (Phi) is 4.02. The Morgan fingerprint density at radius 3 is 2.60 bits per heavy atom. The van der Waals surface area contributed by atoms with Gasteiger partial charge in [-0.2, -0.15) is 0 Å². The molecule has 5 heteroatoms. The van der Waals surface area contributed by atoms with Gasteiger partial charge in [-0.05, 0) is 25.5 Å². The molecule has 1 aromatic rings. The highest BCUT2D eigenvalue weighted by molar-refractivity contribution is 5.29. The molecule has 0 aromatic carbocycles. The maximum atomic E-state index is 9.64. The number of pyridine rings is 1. The molecule has 5 nitrogen and oxygen atoms in total. The molecule has 0 aliphatic rings. The van der Waals surface area contributed by atoms with Crippen molar-refractivity contribution in [1.29, 1.82) is 0 Å². The van der Waals surface area contributed by atoms with Gasteiger partial charge in [-0.1, -0.05) is 0 Å². The lowest BCUT2D eigenvalue weighted by Gasteiger charge is -2.17. The molecule has 0 spiro atoms. The van der Waals surface area contributed by atoms with Crippen LogP contribution in [-0.2, 0) is 0 Å². The molecule has 2 atom stereocenters. The molecule has 0 saturated heterocycles. The van der Waals surface area contributed by atoms with Crippen LogP contribution >= 0.6 is 0 Å². The molecule has 0 aliphatic heterocycles. The monoisotopic (exact) mass is 213 g/mol.